The normalized spacial score (nSPS) is 14.8. The minimum atomic E-state index is 0.727. The van der Waals surface area contributed by atoms with Crippen molar-refractivity contribution in [2.45, 2.75) is 19.3 Å². The molecule has 1 fully saturated rings. The number of aromatic nitrogens is 3. The lowest BCUT2D eigenvalue weighted by atomic mass is 10.0. The van der Waals surface area contributed by atoms with Crippen molar-refractivity contribution in [1.82, 2.24) is 14.6 Å². The van der Waals surface area contributed by atoms with Crippen molar-refractivity contribution >= 4 is 11.3 Å². The van der Waals surface area contributed by atoms with Gasteiger partial charge in [-0.05, 0) is 37.0 Å². The Balaban J connectivity index is 1.73. The Kier molecular flexibility index (Phi) is 3.43. The van der Waals surface area contributed by atoms with Crippen LogP contribution in [0.1, 0.15) is 24.8 Å². The van der Waals surface area contributed by atoms with Crippen molar-refractivity contribution in [3.05, 3.63) is 48.4 Å². The van der Waals surface area contributed by atoms with Crippen LogP contribution in [0.4, 0.5) is 5.69 Å². The highest BCUT2D eigenvalue weighted by Gasteiger charge is 2.15. The molecule has 3 aromatic rings. The molecule has 0 bridgehead atoms. The smallest absolute Gasteiger partial charge is 0.154 e. The molecule has 5 heteroatoms. The average molecular weight is 303 g/mol. The maximum absolute atomic E-state index is 9.55. The van der Waals surface area contributed by atoms with Gasteiger partial charge in [-0.25, -0.2) is 9.50 Å². The highest BCUT2D eigenvalue weighted by atomic mass is 15.2. The zero-order valence-electron chi connectivity index (χ0n) is 12.8. The number of anilines is 1. The Morgan fingerprint density at radius 2 is 1.91 bits per heavy atom. The van der Waals surface area contributed by atoms with Gasteiger partial charge in [0.15, 0.2) is 5.65 Å². The van der Waals surface area contributed by atoms with Crippen molar-refractivity contribution < 1.29 is 0 Å². The minimum Gasteiger partial charge on any atom is -0.370 e. The quantitative estimate of drug-likeness (QED) is 0.729. The molecule has 0 atom stereocenters. The second kappa shape index (κ2) is 5.73. The molecule has 3 heterocycles. The van der Waals surface area contributed by atoms with Gasteiger partial charge in [0, 0.05) is 37.1 Å². The lowest BCUT2D eigenvalue weighted by molar-refractivity contribution is 0.577. The molecular formula is C18H17N5. The van der Waals surface area contributed by atoms with Crippen molar-refractivity contribution in [3.63, 3.8) is 0 Å². The second-order valence-corrected chi connectivity index (χ2v) is 5.87. The van der Waals surface area contributed by atoms with Crippen LogP contribution >= 0.6 is 0 Å². The second-order valence-electron chi connectivity index (χ2n) is 5.87. The van der Waals surface area contributed by atoms with Crippen molar-refractivity contribution in [2.24, 2.45) is 0 Å². The Morgan fingerprint density at radius 1 is 1.04 bits per heavy atom. The van der Waals surface area contributed by atoms with Crippen LogP contribution in [0.3, 0.4) is 0 Å². The van der Waals surface area contributed by atoms with Gasteiger partial charge in [0.1, 0.15) is 6.07 Å². The third-order valence-electron chi connectivity index (χ3n) is 4.39. The summed E-state index contributed by atoms with van der Waals surface area (Å²) in [4.78, 5) is 6.71. The van der Waals surface area contributed by atoms with Gasteiger partial charge in [-0.2, -0.15) is 10.4 Å². The van der Waals surface area contributed by atoms with Crippen molar-refractivity contribution in [1.29, 1.82) is 5.26 Å². The van der Waals surface area contributed by atoms with Crippen LogP contribution in [-0.2, 0) is 0 Å². The zero-order valence-corrected chi connectivity index (χ0v) is 12.8. The molecule has 1 aliphatic rings. The Morgan fingerprint density at radius 3 is 2.74 bits per heavy atom. The van der Waals surface area contributed by atoms with E-state index in [0.717, 1.165) is 41.1 Å². The fourth-order valence-electron chi connectivity index (χ4n) is 3.17. The molecule has 1 aromatic carbocycles. The molecule has 2 aromatic heterocycles. The summed E-state index contributed by atoms with van der Waals surface area (Å²) in [6.45, 7) is 2.07. The van der Waals surface area contributed by atoms with Crippen LogP contribution in [0, 0.1) is 11.3 Å². The largest absolute Gasteiger partial charge is 0.370 e. The Bertz CT molecular complexity index is 884. The van der Waals surface area contributed by atoms with E-state index in [4.69, 9.17) is 0 Å². The first-order valence-electron chi connectivity index (χ1n) is 7.94. The van der Waals surface area contributed by atoms with E-state index in [9.17, 15) is 5.26 Å². The molecule has 0 amide bonds. The van der Waals surface area contributed by atoms with E-state index in [0.29, 0.717) is 0 Å². The highest BCUT2D eigenvalue weighted by Crippen LogP contribution is 2.28. The van der Waals surface area contributed by atoms with Gasteiger partial charge in [-0.3, -0.25) is 0 Å². The summed E-state index contributed by atoms with van der Waals surface area (Å²) >= 11 is 0. The van der Waals surface area contributed by atoms with Gasteiger partial charge in [0.05, 0.1) is 17.4 Å². The molecule has 1 saturated heterocycles. The Labute approximate surface area is 134 Å². The highest BCUT2D eigenvalue weighted by molar-refractivity contribution is 5.71. The lowest BCUT2D eigenvalue weighted by Crippen LogP contribution is -2.29. The molecular weight excluding hydrogens is 286 g/mol. The van der Waals surface area contributed by atoms with Crippen LogP contribution < -0.4 is 4.90 Å². The summed E-state index contributed by atoms with van der Waals surface area (Å²) in [5.41, 5.74) is 4.54. The van der Waals surface area contributed by atoms with Gasteiger partial charge in [0.2, 0.25) is 0 Å². The SMILES string of the molecule is N#Cc1cc(-c2cnc3ccnn3c2)ccc1N1CCCCC1. The number of rotatable bonds is 2. The number of nitrogens with zero attached hydrogens (tertiary/aromatic N) is 5. The summed E-state index contributed by atoms with van der Waals surface area (Å²) in [5, 5.41) is 13.8. The number of fused-ring (bicyclic) bond motifs is 1. The standard InChI is InChI=1S/C18H17N5/c19-11-15-10-14(4-5-17(15)22-8-2-1-3-9-22)16-12-20-18-6-7-21-23(18)13-16/h4-7,10,12-13H,1-3,8-9H2. The molecule has 0 spiro atoms. The first-order chi connectivity index (χ1) is 11.3. The summed E-state index contributed by atoms with van der Waals surface area (Å²) < 4.78 is 1.75. The van der Waals surface area contributed by atoms with E-state index < -0.39 is 0 Å². The summed E-state index contributed by atoms with van der Waals surface area (Å²) in [6, 6.07) is 10.3. The van der Waals surface area contributed by atoms with Crippen LogP contribution in [0.25, 0.3) is 16.8 Å². The van der Waals surface area contributed by atoms with E-state index in [1.807, 2.05) is 24.5 Å². The monoisotopic (exact) mass is 303 g/mol. The zero-order chi connectivity index (χ0) is 15.6. The molecule has 0 saturated carbocycles. The third-order valence-corrected chi connectivity index (χ3v) is 4.39. The number of hydrogen-bond acceptors (Lipinski definition) is 4. The molecule has 0 unspecified atom stereocenters. The van der Waals surface area contributed by atoms with Gasteiger partial charge in [-0.1, -0.05) is 6.07 Å². The average Bonchev–Trinajstić information content (AvgIpc) is 3.09. The molecule has 1 aliphatic heterocycles. The predicted octanol–water partition coefficient (Wildman–Crippen LogP) is 3.26. The van der Waals surface area contributed by atoms with E-state index in [1.165, 1.54) is 19.3 Å². The molecule has 23 heavy (non-hydrogen) atoms. The Hall–Kier alpha value is -2.87. The summed E-state index contributed by atoms with van der Waals surface area (Å²) in [7, 11) is 0. The van der Waals surface area contributed by atoms with Crippen LogP contribution in [-0.4, -0.2) is 27.7 Å². The van der Waals surface area contributed by atoms with Gasteiger partial charge in [0.25, 0.3) is 0 Å². The summed E-state index contributed by atoms with van der Waals surface area (Å²) in [5.74, 6) is 0. The molecule has 0 radical (unpaired) electrons. The van der Waals surface area contributed by atoms with Gasteiger partial charge >= 0.3 is 0 Å². The number of hydrogen-bond donors (Lipinski definition) is 0. The van der Waals surface area contributed by atoms with E-state index in [2.05, 4.69) is 33.2 Å². The molecule has 5 nitrogen and oxygen atoms in total. The fourth-order valence-corrected chi connectivity index (χ4v) is 3.17. The van der Waals surface area contributed by atoms with Crippen LogP contribution in [0.15, 0.2) is 42.9 Å². The maximum Gasteiger partial charge on any atom is 0.154 e. The first-order valence-corrected chi connectivity index (χ1v) is 7.94. The van der Waals surface area contributed by atoms with E-state index in [1.54, 1.807) is 10.7 Å². The van der Waals surface area contributed by atoms with Crippen molar-refractivity contribution in [2.75, 3.05) is 18.0 Å². The van der Waals surface area contributed by atoms with E-state index in [-0.39, 0.29) is 0 Å². The molecule has 114 valence electrons. The predicted molar refractivity (Wildman–Crippen MR) is 89.2 cm³/mol. The number of piperidine rings is 1. The molecule has 4 rings (SSSR count). The first kappa shape index (κ1) is 13.8. The van der Waals surface area contributed by atoms with Crippen LogP contribution in [0.2, 0.25) is 0 Å². The van der Waals surface area contributed by atoms with Gasteiger partial charge in [-0.15, -0.1) is 0 Å². The van der Waals surface area contributed by atoms with Crippen molar-refractivity contribution in [3.8, 4) is 17.2 Å². The fraction of sp³-hybridized carbons (Fsp3) is 0.278. The minimum absolute atomic E-state index is 0.727. The van der Waals surface area contributed by atoms with Gasteiger partial charge < -0.3 is 4.90 Å². The lowest BCUT2D eigenvalue weighted by Gasteiger charge is -2.29. The third kappa shape index (κ3) is 2.53. The maximum atomic E-state index is 9.55. The topological polar surface area (TPSA) is 57.2 Å². The van der Waals surface area contributed by atoms with Crippen LogP contribution in [0.5, 0.6) is 0 Å². The van der Waals surface area contributed by atoms with E-state index >= 15 is 0 Å². The number of nitriles is 1. The number of benzene rings is 1. The summed E-state index contributed by atoms with van der Waals surface area (Å²) in [6.07, 6.45) is 9.19. The molecule has 0 aliphatic carbocycles. The molecule has 0 N–H and O–H groups in total.